The zero-order chi connectivity index (χ0) is 28.1. The number of urea groups is 1. The van der Waals surface area contributed by atoms with Crippen LogP contribution in [0.1, 0.15) is 21.7 Å². The molecule has 3 aliphatic rings. The Hall–Kier alpha value is -5.13. The molecule has 2 saturated heterocycles. The normalized spacial score (nSPS) is 20.4. The fourth-order valence-electron chi connectivity index (χ4n) is 5.78. The second-order valence-corrected chi connectivity index (χ2v) is 10.3. The minimum atomic E-state index is -1.60. The predicted molar refractivity (Wildman–Crippen MR) is 149 cm³/mol. The number of hydrogen-bond acceptors (Lipinski definition) is 9. The van der Waals surface area contributed by atoms with Gasteiger partial charge in [0.1, 0.15) is 22.8 Å². The minimum absolute atomic E-state index is 0.107. The van der Waals surface area contributed by atoms with Gasteiger partial charge in [-0.05, 0) is 42.0 Å². The SMILES string of the molecule is COc1ccc2c(c1)C(=O)N(C[C@@]1(c3cc4nc(N5CCN(c6ccncc6)CC5)ccc4o3)NC(=O)NC1=O)C2. The van der Waals surface area contributed by atoms with Gasteiger partial charge in [0.25, 0.3) is 11.8 Å². The lowest BCUT2D eigenvalue weighted by Crippen LogP contribution is -2.52. The summed E-state index contributed by atoms with van der Waals surface area (Å²) in [5.41, 5.74) is 1.90. The molecule has 41 heavy (non-hydrogen) atoms. The number of aromatic nitrogens is 2. The summed E-state index contributed by atoms with van der Waals surface area (Å²) in [6.45, 7) is 3.44. The number of amides is 4. The number of pyridine rings is 2. The van der Waals surface area contributed by atoms with E-state index in [1.807, 2.05) is 30.3 Å². The number of nitrogens with one attached hydrogen (secondary N) is 2. The number of ether oxygens (including phenoxy) is 1. The number of methoxy groups -OCH3 is 1. The van der Waals surface area contributed by atoms with Gasteiger partial charge in [-0.1, -0.05) is 6.07 Å². The molecule has 4 aromatic rings. The Morgan fingerprint density at radius 2 is 1.76 bits per heavy atom. The number of anilines is 2. The van der Waals surface area contributed by atoms with Crippen molar-refractivity contribution in [3.05, 3.63) is 77.8 Å². The Labute approximate surface area is 234 Å². The van der Waals surface area contributed by atoms with E-state index in [1.54, 1.807) is 30.6 Å². The van der Waals surface area contributed by atoms with Crippen LogP contribution in [-0.2, 0) is 16.9 Å². The topological polar surface area (TPSA) is 133 Å². The van der Waals surface area contributed by atoms with E-state index in [0.29, 0.717) is 22.4 Å². The van der Waals surface area contributed by atoms with Crippen molar-refractivity contribution < 1.29 is 23.5 Å². The third-order valence-electron chi connectivity index (χ3n) is 7.98. The molecule has 2 N–H and O–H groups in total. The minimum Gasteiger partial charge on any atom is -0.497 e. The molecule has 0 saturated carbocycles. The molecule has 1 aromatic carbocycles. The fourth-order valence-corrected chi connectivity index (χ4v) is 5.78. The predicted octanol–water partition coefficient (Wildman–Crippen LogP) is 2.25. The summed E-state index contributed by atoms with van der Waals surface area (Å²) in [6.07, 6.45) is 3.59. The highest BCUT2D eigenvalue weighted by Crippen LogP contribution is 2.35. The maximum atomic E-state index is 13.3. The molecule has 208 valence electrons. The summed E-state index contributed by atoms with van der Waals surface area (Å²) in [7, 11) is 1.54. The number of rotatable bonds is 6. The van der Waals surface area contributed by atoms with E-state index in [0.717, 1.165) is 43.2 Å². The molecule has 7 rings (SSSR count). The maximum Gasteiger partial charge on any atom is 0.322 e. The summed E-state index contributed by atoms with van der Waals surface area (Å²) < 4.78 is 11.4. The lowest BCUT2D eigenvalue weighted by molar-refractivity contribution is -0.125. The first kappa shape index (κ1) is 24.9. The first-order valence-corrected chi connectivity index (χ1v) is 13.3. The quantitative estimate of drug-likeness (QED) is 0.345. The van der Waals surface area contributed by atoms with E-state index in [9.17, 15) is 14.4 Å². The Bertz CT molecular complexity index is 1680. The largest absolute Gasteiger partial charge is 0.497 e. The van der Waals surface area contributed by atoms with Crippen LogP contribution in [0.4, 0.5) is 16.3 Å². The van der Waals surface area contributed by atoms with Gasteiger partial charge >= 0.3 is 6.03 Å². The second-order valence-electron chi connectivity index (χ2n) is 10.3. The fraction of sp³-hybridized carbons (Fsp3) is 0.276. The van der Waals surface area contributed by atoms with Gasteiger partial charge in [-0.2, -0.15) is 0 Å². The van der Waals surface area contributed by atoms with E-state index in [-0.39, 0.29) is 24.8 Å². The van der Waals surface area contributed by atoms with Crippen molar-refractivity contribution in [2.45, 2.75) is 12.1 Å². The van der Waals surface area contributed by atoms with E-state index in [4.69, 9.17) is 14.1 Å². The molecule has 0 unspecified atom stereocenters. The molecular weight excluding hydrogens is 526 g/mol. The van der Waals surface area contributed by atoms with Crippen molar-refractivity contribution in [1.82, 2.24) is 25.5 Å². The van der Waals surface area contributed by atoms with Gasteiger partial charge in [0.15, 0.2) is 11.1 Å². The third kappa shape index (κ3) is 4.19. The van der Waals surface area contributed by atoms with Crippen molar-refractivity contribution in [2.24, 2.45) is 0 Å². The zero-order valence-electron chi connectivity index (χ0n) is 22.3. The Kier molecular flexibility index (Phi) is 5.77. The van der Waals surface area contributed by atoms with E-state index >= 15 is 0 Å². The number of carbonyl (C=O) groups is 3. The van der Waals surface area contributed by atoms with Crippen molar-refractivity contribution in [3.63, 3.8) is 0 Å². The number of fused-ring (bicyclic) bond motifs is 2. The highest BCUT2D eigenvalue weighted by molar-refractivity contribution is 6.08. The standard InChI is InChI=1S/C29H27N7O5/c1-40-20-3-2-18-16-36(26(37)21(18)14-20)17-29(27(38)32-28(39)33-29)24-15-22-23(41-24)4-5-25(31-22)35-12-10-34(11-13-35)19-6-8-30-9-7-19/h2-9,14-15H,10-13,16-17H2,1H3,(H2,32,33,38,39)/t29-/m0/s1. The van der Waals surface area contributed by atoms with Crippen molar-refractivity contribution in [1.29, 1.82) is 0 Å². The molecule has 0 aliphatic carbocycles. The van der Waals surface area contributed by atoms with Crippen LogP contribution in [0, 0.1) is 0 Å². The number of hydrogen-bond donors (Lipinski definition) is 2. The monoisotopic (exact) mass is 553 g/mol. The molecule has 6 heterocycles. The van der Waals surface area contributed by atoms with Gasteiger partial charge in [-0.15, -0.1) is 0 Å². The number of piperazine rings is 1. The van der Waals surface area contributed by atoms with Crippen molar-refractivity contribution >= 4 is 40.5 Å². The van der Waals surface area contributed by atoms with Crippen LogP contribution in [0.3, 0.4) is 0 Å². The summed E-state index contributed by atoms with van der Waals surface area (Å²) in [5.74, 6) is 0.736. The average Bonchev–Trinajstić information content (AvgIpc) is 3.66. The van der Waals surface area contributed by atoms with Crippen LogP contribution in [-0.4, -0.2) is 72.5 Å². The molecular formula is C29H27N7O5. The number of furan rings is 1. The highest BCUT2D eigenvalue weighted by atomic mass is 16.5. The molecule has 3 aliphatic heterocycles. The third-order valence-corrected chi connectivity index (χ3v) is 7.98. The summed E-state index contributed by atoms with van der Waals surface area (Å²) >= 11 is 0. The highest BCUT2D eigenvalue weighted by Gasteiger charge is 2.53. The average molecular weight is 554 g/mol. The summed E-state index contributed by atoms with van der Waals surface area (Å²) in [5, 5.41) is 5.04. The Morgan fingerprint density at radius 3 is 2.49 bits per heavy atom. The van der Waals surface area contributed by atoms with Gasteiger partial charge in [-0.3, -0.25) is 19.9 Å². The van der Waals surface area contributed by atoms with Crippen LogP contribution in [0.25, 0.3) is 11.1 Å². The van der Waals surface area contributed by atoms with Crippen LogP contribution in [0.5, 0.6) is 5.75 Å². The Morgan fingerprint density at radius 1 is 0.976 bits per heavy atom. The smallest absolute Gasteiger partial charge is 0.322 e. The van der Waals surface area contributed by atoms with Crippen molar-refractivity contribution in [3.8, 4) is 5.75 Å². The molecule has 12 heteroatoms. The van der Waals surface area contributed by atoms with Gasteiger partial charge in [0.2, 0.25) is 0 Å². The van der Waals surface area contributed by atoms with Gasteiger partial charge < -0.3 is 29.2 Å². The molecule has 0 radical (unpaired) electrons. The van der Waals surface area contributed by atoms with Gasteiger partial charge in [0.05, 0.1) is 13.7 Å². The van der Waals surface area contributed by atoms with Gasteiger partial charge in [0, 0.05) is 62.4 Å². The van der Waals surface area contributed by atoms with E-state index in [2.05, 4.69) is 25.4 Å². The lowest BCUT2D eigenvalue weighted by atomic mass is 9.95. The van der Waals surface area contributed by atoms with E-state index < -0.39 is 17.5 Å². The first-order valence-electron chi connectivity index (χ1n) is 13.3. The number of carbonyl (C=O) groups excluding carboxylic acids is 3. The molecule has 0 spiro atoms. The molecule has 0 bridgehead atoms. The summed E-state index contributed by atoms with van der Waals surface area (Å²) in [6, 6.07) is 14.1. The molecule has 4 amide bonds. The van der Waals surface area contributed by atoms with Gasteiger partial charge in [-0.25, -0.2) is 9.78 Å². The number of imide groups is 1. The zero-order valence-corrected chi connectivity index (χ0v) is 22.3. The maximum absolute atomic E-state index is 13.3. The van der Waals surface area contributed by atoms with Crippen LogP contribution < -0.4 is 25.2 Å². The number of benzene rings is 1. The molecule has 1 atom stereocenters. The lowest BCUT2D eigenvalue weighted by Gasteiger charge is -2.36. The number of nitrogens with zero attached hydrogens (tertiary/aromatic N) is 5. The van der Waals surface area contributed by atoms with Crippen LogP contribution in [0.15, 0.2) is 65.3 Å². The molecule has 2 fully saturated rings. The summed E-state index contributed by atoms with van der Waals surface area (Å²) in [4.78, 5) is 53.9. The van der Waals surface area contributed by atoms with Crippen molar-refractivity contribution in [2.75, 3.05) is 49.6 Å². The van der Waals surface area contributed by atoms with Crippen LogP contribution >= 0.6 is 0 Å². The first-order chi connectivity index (χ1) is 19.9. The van der Waals surface area contributed by atoms with E-state index in [1.165, 1.54) is 12.0 Å². The Balaban J connectivity index is 1.15. The molecule has 3 aromatic heterocycles. The second kappa shape index (κ2) is 9.51. The van der Waals surface area contributed by atoms with Crippen LogP contribution in [0.2, 0.25) is 0 Å². The molecule has 12 nitrogen and oxygen atoms in total.